The molecule has 9 heteroatoms. The molecular formula is C23H24N4O4S. The van der Waals surface area contributed by atoms with E-state index in [1.165, 1.54) is 0 Å². The van der Waals surface area contributed by atoms with E-state index in [1.807, 2.05) is 4.90 Å². The molecule has 1 atom stereocenters. The normalized spacial score (nSPS) is 21.4. The van der Waals surface area contributed by atoms with Gasteiger partial charge in [0.1, 0.15) is 4.90 Å². The summed E-state index contributed by atoms with van der Waals surface area (Å²) in [5.41, 5.74) is 1.67. The molecule has 0 unspecified atom stereocenters. The Morgan fingerprint density at radius 2 is 1.84 bits per heavy atom. The standard InChI is InChI=1S/C23H24N4O4S/c28-22(24-17-10-11-17)15-5-3-7-18(13-15)25-23(29)16-6-4-12-27(14-16)21-19-8-1-2-9-20(19)32(30,31)26-21/h1-3,5,7-9,13,16-17H,4,6,10-12,14H2,(H,24,28)(H,25,29)/t16-/m1/s1. The number of hydrogen-bond donors (Lipinski definition) is 2. The van der Waals surface area contributed by atoms with Gasteiger partial charge in [-0.1, -0.05) is 18.2 Å². The average molecular weight is 453 g/mol. The van der Waals surface area contributed by atoms with E-state index in [-0.39, 0.29) is 28.7 Å². The first-order valence-corrected chi connectivity index (χ1v) is 12.3. The van der Waals surface area contributed by atoms with E-state index >= 15 is 0 Å². The number of anilines is 1. The highest BCUT2D eigenvalue weighted by molar-refractivity contribution is 7.90. The number of sulfonamides is 1. The summed E-state index contributed by atoms with van der Waals surface area (Å²) in [4.78, 5) is 27.4. The molecule has 0 radical (unpaired) electrons. The number of piperidine rings is 1. The number of fused-ring (bicyclic) bond motifs is 1. The van der Waals surface area contributed by atoms with E-state index in [0.717, 1.165) is 19.3 Å². The maximum Gasteiger partial charge on any atom is 0.285 e. The molecule has 5 rings (SSSR count). The number of carbonyl (C=O) groups is 2. The first kappa shape index (κ1) is 20.7. The molecule has 0 spiro atoms. The van der Waals surface area contributed by atoms with Gasteiger partial charge in [0.25, 0.3) is 15.9 Å². The lowest BCUT2D eigenvalue weighted by molar-refractivity contribution is -0.121. The van der Waals surface area contributed by atoms with Crippen LogP contribution in [0.5, 0.6) is 0 Å². The van der Waals surface area contributed by atoms with Gasteiger partial charge in [-0.3, -0.25) is 9.59 Å². The molecule has 2 amide bonds. The number of amidine groups is 1. The Kier molecular flexibility index (Phi) is 5.21. The van der Waals surface area contributed by atoms with Gasteiger partial charge in [-0.2, -0.15) is 8.42 Å². The molecule has 2 aromatic carbocycles. The monoisotopic (exact) mass is 452 g/mol. The molecule has 0 bridgehead atoms. The smallest absolute Gasteiger partial charge is 0.285 e. The Bertz CT molecular complexity index is 1220. The SMILES string of the molecule is O=C(NC1CC1)c1cccc(NC(=O)[C@@H]2CCCN(C3=NS(=O)(=O)c4ccccc43)C2)c1. The molecular weight excluding hydrogens is 428 g/mol. The van der Waals surface area contributed by atoms with E-state index < -0.39 is 10.0 Å². The third-order valence-corrected chi connectivity index (χ3v) is 7.33. The number of nitrogens with zero attached hydrogens (tertiary/aromatic N) is 2. The Hall–Kier alpha value is -3.20. The molecule has 2 aromatic rings. The van der Waals surface area contributed by atoms with Crippen molar-refractivity contribution in [3.63, 3.8) is 0 Å². The van der Waals surface area contributed by atoms with Crippen molar-refractivity contribution in [2.45, 2.75) is 36.6 Å². The van der Waals surface area contributed by atoms with Crippen LogP contribution in [0.15, 0.2) is 57.8 Å². The molecule has 0 aromatic heterocycles. The van der Waals surface area contributed by atoms with Gasteiger partial charge >= 0.3 is 0 Å². The van der Waals surface area contributed by atoms with Crippen LogP contribution in [-0.2, 0) is 14.8 Å². The van der Waals surface area contributed by atoms with Crippen LogP contribution in [0.1, 0.15) is 41.6 Å². The number of benzene rings is 2. The largest absolute Gasteiger partial charge is 0.355 e. The van der Waals surface area contributed by atoms with Crippen molar-refractivity contribution >= 4 is 33.4 Å². The van der Waals surface area contributed by atoms with Gasteiger partial charge in [-0.05, 0) is 56.0 Å². The highest BCUT2D eigenvalue weighted by Gasteiger charge is 2.35. The zero-order chi connectivity index (χ0) is 22.3. The van der Waals surface area contributed by atoms with Crippen LogP contribution in [0.3, 0.4) is 0 Å². The van der Waals surface area contributed by atoms with E-state index in [1.54, 1.807) is 48.5 Å². The number of carbonyl (C=O) groups excluding carboxylic acids is 2. The van der Waals surface area contributed by atoms with Gasteiger partial charge in [0.15, 0.2) is 5.84 Å². The molecule has 1 saturated heterocycles. The zero-order valence-corrected chi connectivity index (χ0v) is 18.3. The average Bonchev–Trinajstić information content (AvgIpc) is 3.57. The fourth-order valence-electron chi connectivity index (χ4n) is 4.18. The maximum atomic E-state index is 13.0. The number of rotatable bonds is 4. The van der Waals surface area contributed by atoms with Crippen molar-refractivity contribution in [3.8, 4) is 0 Å². The quantitative estimate of drug-likeness (QED) is 0.741. The second-order valence-corrected chi connectivity index (χ2v) is 10.1. The van der Waals surface area contributed by atoms with Crippen LogP contribution in [0.25, 0.3) is 0 Å². The summed E-state index contributed by atoms with van der Waals surface area (Å²) in [5, 5.41) is 5.86. The summed E-state index contributed by atoms with van der Waals surface area (Å²) in [5.74, 6) is -0.182. The fourth-order valence-corrected chi connectivity index (χ4v) is 5.41. The lowest BCUT2D eigenvalue weighted by Gasteiger charge is -2.33. The highest BCUT2D eigenvalue weighted by Crippen LogP contribution is 2.30. The second kappa shape index (κ2) is 8.05. The number of hydrogen-bond acceptors (Lipinski definition) is 5. The summed E-state index contributed by atoms with van der Waals surface area (Å²) in [6.07, 6.45) is 3.48. The number of amides is 2. The lowest BCUT2D eigenvalue weighted by Crippen LogP contribution is -2.43. The van der Waals surface area contributed by atoms with Crippen LogP contribution < -0.4 is 10.6 Å². The first-order valence-electron chi connectivity index (χ1n) is 10.8. The van der Waals surface area contributed by atoms with E-state index in [4.69, 9.17) is 0 Å². The predicted octanol–water partition coefficient (Wildman–Crippen LogP) is 2.38. The summed E-state index contributed by atoms with van der Waals surface area (Å²) in [6, 6.07) is 14.0. The van der Waals surface area contributed by atoms with Gasteiger partial charge in [0.05, 0.1) is 5.92 Å². The minimum Gasteiger partial charge on any atom is -0.355 e. The topological polar surface area (TPSA) is 108 Å². The highest BCUT2D eigenvalue weighted by atomic mass is 32.2. The Morgan fingerprint density at radius 1 is 1.03 bits per heavy atom. The molecule has 2 fully saturated rings. The van der Waals surface area contributed by atoms with Crippen molar-refractivity contribution in [1.29, 1.82) is 0 Å². The van der Waals surface area contributed by atoms with Gasteiger partial charge in [0.2, 0.25) is 5.91 Å². The van der Waals surface area contributed by atoms with E-state index in [2.05, 4.69) is 15.0 Å². The van der Waals surface area contributed by atoms with Crippen LogP contribution in [0.2, 0.25) is 0 Å². The van der Waals surface area contributed by atoms with Gasteiger partial charge in [0, 0.05) is 35.9 Å². The first-order chi connectivity index (χ1) is 15.4. The maximum absolute atomic E-state index is 13.0. The molecule has 2 N–H and O–H groups in total. The summed E-state index contributed by atoms with van der Waals surface area (Å²) in [6.45, 7) is 1.03. The third-order valence-electron chi connectivity index (χ3n) is 6.01. The molecule has 166 valence electrons. The predicted molar refractivity (Wildman–Crippen MR) is 120 cm³/mol. The molecule has 3 aliphatic rings. The number of likely N-dealkylation sites (tertiary alicyclic amines) is 1. The molecule has 2 aliphatic heterocycles. The van der Waals surface area contributed by atoms with Crippen LogP contribution >= 0.6 is 0 Å². The molecule has 8 nitrogen and oxygen atoms in total. The minimum absolute atomic E-state index is 0.133. The Balaban J connectivity index is 1.28. The Labute approximate surface area is 186 Å². The lowest BCUT2D eigenvalue weighted by atomic mass is 9.96. The summed E-state index contributed by atoms with van der Waals surface area (Å²) in [7, 11) is -3.70. The van der Waals surface area contributed by atoms with E-state index in [0.29, 0.717) is 42.2 Å². The van der Waals surface area contributed by atoms with Crippen molar-refractivity contribution < 1.29 is 18.0 Å². The number of nitrogens with one attached hydrogen (secondary N) is 2. The van der Waals surface area contributed by atoms with Gasteiger partial charge < -0.3 is 15.5 Å². The molecule has 1 aliphatic carbocycles. The van der Waals surface area contributed by atoms with Gasteiger partial charge in [-0.15, -0.1) is 4.40 Å². The van der Waals surface area contributed by atoms with Crippen LogP contribution in [0.4, 0.5) is 5.69 Å². The fraction of sp³-hybridized carbons (Fsp3) is 0.348. The molecule has 2 heterocycles. The van der Waals surface area contributed by atoms with Crippen molar-refractivity contribution in [2.24, 2.45) is 10.3 Å². The van der Waals surface area contributed by atoms with Crippen molar-refractivity contribution in [2.75, 3.05) is 18.4 Å². The molecule has 32 heavy (non-hydrogen) atoms. The molecule has 1 saturated carbocycles. The van der Waals surface area contributed by atoms with Crippen molar-refractivity contribution in [3.05, 3.63) is 59.7 Å². The van der Waals surface area contributed by atoms with Crippen LogP contribution in [0, 0.1) is 5.92 Å². The van der Waals surface area contributed by atoms with Crippen LogP contribution in [-0.4, -0.2) is 50.1 Å². The summed E-state index contributed by atoms with van der Waals surface area (Å²) >= 11 is 0. The van der Waals surface area contributed by atoms with Gasteiger partial charge in [-0.25, -0.2) is 0 Å². The van der Waals surface area contributed by atoms with E-state index in [9.17, 15) is 18.0 Å². The minimum atomic E-state index is -3.70. The third kappa shape index (κ3) is 4.12. The Morgan fingerprint density at radius 3 is 2.66 bits per heavy atom. The second-order valence-electron chi connectivity index (χ2n) is 8.49. The van der Waals surface area contributed by atoms with Crippen molar-refractivity contribution in [1.82, 2.24) is 10.2 Å². The summed E-state index contributed by atoms with van der Waals surface area (Å²) < 4.78 is 28.8. The zero-order valence-electron chi connectivity index (χ0n) is 17.5.